The SMILES string of the molecule is COC(C)c1nnc2ccc(O[C@@H]3CC[C@H](NC(=O)Nc4cc(C(C)(C)C)nc(C(=O)NCCN(C)C)n4)c4ccccc43)cn12. The van der Waals surface area contributed by atoms with E-state index in [0.29, 0.717) is 48.8 Å². The van der Waals surface area contributed by atoms with E-state index in [-0.39, 0.29) is 35.3 Å². The molecule has 0 bridgehead atoms. The molecule has 3 atom stereocenters. The van der Waals surface area contributed by atoms with Gasteiger partial charge in [-0.25, -0.2) is 14.8 Å². The average molecular weight is 630 g/mol. The zero-order valence-electron chi connectivity index (χ0n) is 27.5. The molecule has 3 amide bonds. The van der Waals surface area contributed by atoms with Gasteiger partial charge < -0.3 is 25.0 Å². The fourth-order valence-corrected chi connectivity index (χ4v) is 5.31. The average Bonchev–Trinajstić information content (AvgIpc) is 3.44. The van der Waals surface area contributed by atoms with Crippen LogP contribution in [0.2, 0.25) is 0 Å². The number of nitrogens with zero attached hydrogens (tertiary/aromatic N) is 6. The van der Waals surface area contributed by atoms with Gasteiger partial charge in [-0.15, -0.1) is 10.2 Å². The van der Waals surface area contributed by atoms with Crippen LogP contribution in [0.5, 0.6) is 5.75 Å². The third-order valence-electron chi connectivity index (χ3n) is 7.92. The number of carbonyl (C=O) groups is 2. The van der Waals surface area contributed by atoms with Gasteiger partial charge in [0.15, 0.2) is 11.5 Å². The first-order valence-electron chi connectivity index (χ1n) is 15.5. The Kier molecular flexibility index (Phi) is 9.82. The van der Waals surface area contributed by atoms with Crippen LogP contribution in [0.1, 0.15) is 92.1 Å². The molecule has 0 spiro atoms. The van der Waals surface area contributed by atoms with Crippen LogP contribution in [0.3, 0.4) is 0 Å². The zero-order valence-corrected chi connectivity index (χ0v) is 27.5. The predicted octanol–water partition coefficient (Wildman–Crippen LogP) is 4.59. The highest BCUT2D eigenvalue weighted by atomic mass is 16.5. The number of pyridine rings is 1. The van der Waals surface area contributed by atoms with Gasteiger partial charge >= 0.3 is 6.03 Å². The fraction of sp³-hybridized carbons (Fsp3) is 0.455. The lowest BCUT2D eigenvalue weighted by atomic mass is 9.85. The molecule has 0 saturated carbocycles. The highest BCUT2D eigenvalue weighted by Crippen LogP contribution is 2.39. The molecule has 0 fully saturated rings. The van der Waals surface area contributed by atoms with Crippen LogP contribution in [0, 0.1) is 0 Å². The minimum atomic E-state index is -0.422. The molecule has 4 aromatic rings. The van der Waals surface area contributed by atoms with E-state index in [1.807, 2.05) is 93.7 Å². The fourth-order valence-electron chi connectivity index (χ4n) is 5.31. The number of aromatic nitrogens is 5. The molecule has 1 aromatic carbocycles. The van der Waals surface area contributed by atoms with Crippen molar-refractivity contribution in [1.29, 1.82) is 0 Å². The van der Waals surface area contributed by atoms with E-state index in [9.17, 15) is 9.59 Å². The monoisotopic (exact) mass is 629 g/mol. The zero-order chi connectivity index (χ0) is 33.0. The molecular formula is C33H43N9O4. The standard InChI is InChI=1S/C33H43N9O4/c1-20(45-7)30-40-39-28-15-12-21(19-42(28)30)46-25-14-13-24(22-10-8-9-11-23(22)25)35-32(44)38-27-18-26(33(2,3)4)36-29(37-27)31(43)34-16-17-41(5)6/h8-12,15,18-20,24-25H,13-14,16-17H2,1-7H3,(H,34,43)(H2,35,36,37,38,44)/t20?,24-,25+/m0/s1. The number of amides is 3. The van der Waals surface area contributed by atoms with Crippen LogP contribution in [-0.2, 0) is 10.2 Å². The lowest BCUT2D eigenvalue weighted by Crippen LogP contribution is -2.36. The molecule has 3 N–H and O–H groups in total. The maximum absolute atomic E-state index is 13.3. The molecule has 13 nitrogen and oxygen atoms in total. The van der Waals surface area contributed by atoms with Crippen LogP contribution in [-0.4, -0.2) is 75.7 Å². The van der Waals surface area contributed by atoms with Gasteiger partial charge in [0.2, 0.25) is 5.82 Å². The molecule has 1 aliphatic rings. The minimum absolute atomic E-state index is 0.0120. The van der Waals surface area contributed by atoms with Gasteiger partial charge in [-0.2, -0.15) is 0 Å². The first-order chi connectivity index (χ1) is 21.9. The molecule has 1 unspecified atom stereocenters. The highest BCUT2D eigenvalue weighted by Gasteiger charge is 2.30. The second kappa shape index (κ2) is 13.8. The summed E-state index contributed by atoms with van der Waals surface area (Å²) in [4.78, 5) is 37.0. The largest absolute Gasteiger partial charge is 0.484 e. The van der Waals surface area contributed by atoms with Gasteiger partial charge in [0.05, 0.1) is 17.9 Å². The Morgan fingerprint density at radius 1 is 1.07 bits per heavy atom. The van der Waals surface area contributed by atoms with Crippen LogP contribution in [0.15, 0.2) is 48.7 Å². The first-order valence-corrected chi connectivity index (χ1v) is 15.5. The van der Waals surface area contributed by atoms with E-state index in [1.165, 1.54) is 0 Å². The van der Waals surface area contributed by atoms with Gasteiger partial charge in [-0.3, -0.25) is 14.5 Å². The lowest BCUT2D eigenvalue weighted by Gasteiger charge is -2.32. The molecule has 244 valence electrons. The maximum Gasteiger partial charge on any atom is 0.320 e. The van der Waals surface area contributed by atoms with E-state index in [0.717, 1.165) is 11.1 Å². The van der Waals surface area contributed by atoms with Crippen LogP contribution in [0.4, 0.5) is 10.6 Å². The summed E-state index contributed by atoms with van der Waals surface area (Å²) in [6.07, 6.45) is 2.79. The van der Waals surface area contributed by atoms with Crippen LogP contribution >= 0.6 is 0 Å². The van der Waals surface area contributed by atoms with Crippen molar-refractivity contribution >= 4 is 23.4 Å². The van der Waals surface area contributed by atoms with E-state index >= 15 is 0 Å². The first kappa shape index (κ1) is 32.8. The number of methoxy groups -OCH3 is 1. The van der Waals surface area contributed by atoms with Crippen molar-refractivity contribution in [1.82, 2.24) is 40.1 Å². The molecule has 1 aliphatic carbocycles. The van der Waals surface area contributed by atoms with Crippen molar-refractivity contribution in [2.75, 3.05) is 39.6 Å². The summed E-state index contributed by atoms with van der Waals surface area (Å²) in [5.74, 6) is 1.25. The Morgan fingerprint density at radius 2 is 1.83 bits per heavy atom. The van der Waals surface area contributed by atoms with Gasteiger partial charge in [0.1, 0.15) is 23.8 Å². The van der Waals surface area contributed by atoms with E-state index < -0.39 is 11.9 Å². The summed E-state index contributed by atoms with van der Waals surface area (Å²) in [5, 5.41) is 17.3. The number of carbonyl (C=O) groups excluding carboxylic acids is 2. The normalized spacial score (nSPS) is 17.0. The van der Waals surface area contributed by atoms with Gasteiger partial charge in [-0.1, -0.05) is 45.0 Å². The predicted molar refractivity (Wildman–Crippen MR) is 174 cm³/mol. The number of anilines is 1. The molecule has 46 heavy (non-hydrogen) atoms. The molecule has 3 heterocycles. The molecule has 3 aromatic heterocycles. The molecular weight excluding hydrogens is 586 g/mol. The van der Waals surface area contributed by atoms with E-state index in [1.54, 1.807) is 13.2 Å². The number of likely N-dealkylation sites (N-methyl/N-ethyl adjacent to an activating group) is 1. The van der Waals surface area contributed by atoms with E-state index in [2.05, 4.69) is 36.1 Å². The van der Waals surface area contributed by atoms with Crippen LogP contribution < -0.4 is 20.7 Å². The smallest absolute Gasteiger partial charge is 0.320 e. The number of hydrogen-bond donors (Lipinski definition) is 3. The molecule has 13 heteroatoms. The van der Waals surface area contributed by atoms with Crippen molar-refractivity contribution in [2.24, 2.45) is 0 Å². The highest BCUT2D eigenvalue weighted by molar-refractivity contribution is 5.92. The number of hydrogen-bond acceptors (Lipinski definition) is 9. The Balaban J connectivity index is 1.30. The number of urea groups is 1. The summed E-state index contributed by atoms with van der Waals surface area (Å²) in [5.41, 5.74) is 2.97. The Labute approximate surface area is 269 Å². The van der Waals surface area contributed by atoms with Gasteiger partial charge in [0, 0.05) is 31.7 Å². The van der Waals surface area contributed by atoms with Crippen molar-refractivity contribution < 1.29 is 19.1 Å². The molecule has 0 aliphatic heterocycles. The Morgan fingerprint density at radius 3 is 2.54 bits per heavy atom. The molecule has 5 rings (SSSR count). The van der Waals surface area contributed by atoms with E-state index in [4.69, 9.17) is 9.47 Å². The topological polar surface area (TPSA) is 148 Å². The minimum Gasteiger partial charge on any atom is -0.484 e. The summed E-state index contributed by atoms with van der Waals surface area (Å²) in [6.45, 7) is 9.03. The number of rotatable bonds is 10. The number of ether oxygens (including phenoxy) is 2. The second-order valence-corrected chi connectivity index (χ2v) is 12.8. The van der Waals surface area contributed by atoms with Gasteiger partial charge in [-0.05, 0) is 57.1 Å². The molecule has 0 saturated heterocycles. The van der Waals surface area contributed by atoms with Crippen molar-refractivity contribution in [3.05, 3.63) is 77.1 Å². The molecule has 0 radical (unpaired) electrons. The summed E-state index contributed by atoms with van der Waals surface area (Å²) in [7, 11) is 5.50. The van der Waals surface area contributed by atoms with Crippen molar-refractivity contribution in [2.45, 2.75) is 64.2 Å². The van der Waals surface area contributed by atoms with Crippen molar-refractivity contribution in [3.63, 3.8) is 0 Å². The third kappa shape index (κ3) is 7.60. The Bertz CT molecular complexity index is 1700. The van der Waals surface area contributed by atoms with Gasteiger partial charge in [0.25, 0.3) is 5.91 Å². The van der Waals surface area contributed by atoms with Crippen LogP contribution in [0.25, 0.3) is 5.65 Å². The third-order valence-corrected chi connectivity index (χ3v) is 7.92. The maximum atomic E-state index is 13.3. The summed E-state index contributed by atoms with van der Waals surface area (Å²) >= 11 is 0. The lowest BCUT2D eigenvalue weighted by molar-refractivity contribution is 0.0940. The Hall–Kier alpha value is -4.62. The van der Waals surface area contributed by atoms with Crippen molar-refractivity contribution in [3.8, 4) is 5.75 Å². The number of nitrogens with one attached hydrogen (secondary N) is 3. The number of fused-ring (bicyclic) bond motifs is 2. The summed E-state index contributed by atoms with van der Waals surface area (Å²) < 4.78 is 13.8. The summed E-state index contributed by atoms with van der Waals surface area (Å²) in [6, 6.07) is 12.8. The second-order valence-electron chi connectivity index (χ2n) is 12.8. The number of benzene rings is 1. The quantitative estimate of drug-likeness (QED) is 0.229.